The van der Waals surface area contributed by atoms with Crippen molar-refractivity contribution in [2.75, 3.05) is 13.1 Å². The maximum atomic E-state index is 12.4. The quantitative estimate of drug-likeness (QED) is 0.873. The van der Waals surface area contributed by atoms with Crippen molar-refractivity contribution in [2.45, 2.75) is 25.0 Å². The van der Waals surface area contributed by atoms with Crippen LogP contribution in [0.3, 0.4) is 0 Å². The highest BCUT2D eigenvalue weighted by Gasteiger charge is 2.35. The van der Waals surface area contributed by atoms with Gasteiger partial charge in [-0.05, 0) is 47.4 Å². The van der Waals surface area contributed by atoms with Gasteiger partial charge in [-0.15, -0.1) is 0 Å². The van der Waals surface area contributed by atoms with Crippen LogP contribution in [0.4, 0.5) is 0 Å². The molecule has 0 radical (unpaired) electrons. The number of hydrogen-bond acceptors (Lipinski definition) is 5. The summed E-state index contributed by atoms with van der Waals surface area (Å²) in [6.07, 6.45) is 2.10. The van der Waals surface area contributed by atoms with E-state index in [1.165, 1.54) is 22.5 Å². The summed E-state index contributed by atoms with van der Waals surface area (Å²) >= 11 is 1.49. The SMILES string of the molecule is O=C(NCC(O)c1ccsc1)C1CCCN1C(=O)c1ccco1. The van der Waals surface area contributed by atoms with Crippen LogP contribution in [0.2, 0.25) is 0 Å². The Hall–Kier alpha value is -2.12. The summed E-state index contributed by atoms with van der Waals surface area (Å²) in [6, 6.07) is 4.55. The third-order valence-corrected chi connectivity index (χ3v) is 4.65. The third-order valence-electron chi connectivity index (χ3n) is 3.95. The first-order valence-corrected chi connectivity index (χ1v) is 8.43. The molecule has 0 aromatic carbocycles. The van der Waals surface area contributed by atoms with Crippen molar-refractivity contribution in [3.8, 4) is 0 Å². The molecule has 3 rings (SSSR count). The summed E-state index contributed by atoms with van der Waals surface area (Å²) in [5.74, 6) is -0.272. The molecule has 1 saturated heterocycles. The van der Waals surface area contributed by atoms with E-state index in [2.05, 4.69) is 5.32 Å². The van der Waals surface area contributed by atoms with E-state index < -0.39 is 12.1 Å². The number of amides is 2. The number of nitrogens with one attached hydrogen (secondary N) is 1. The highest BCUT2D eigenvalue weighted by Crippen LogP contribution is 2.21. The minimum absolute atomic E-state index is 0.134. The molecule has 23 heavy (non-hydrogen) atoms. The fourth-order valence-electron chi connectivity index (χ4n) is 2.72. The maximum absolute atomic E-state index is 12.4. The number of hydrogen-bond donors (Lipinski definition) is 2. The number of carbonyl (C=O) groups excluding carboxylic acids is 2. The number of likely N-dealkylation sites (tertiary alicyclic amines) is 1. The Balaban J connectivity index is 1.59. The molecule has 2 amide bonds. The summed E-state index contributed by atoms with van der Waals surface area (Å²) in [7, 11) is 0. The van der Waals surface area contributed by atoms with Crippen molar-refractivity contribution in [3.05, 3.63) is 46.5 Å². The zero-order chi connectivity index (χ0) is 16.2. The molecule has 1 aliphatic heterocycles. The smallest absolute Gasteiger partial charge is 0.290 e. The number of aliphatic hydroxyl groups is 1. The average molecular weight is 334 g/mol. The molecule has 3 heterocycles. The molecule has 7 heteroatoms. The second-order valence-electron chi connectivity index (χ2n) is 5.45. The summed E-state index contributed by atoms with van der Waals surface area (Å²) in [5, 5.41) is 16.5. The number of aliphatic hydroxyl groups excluding tert-OH is 1. The average Bonchev–Trinajstić information content (AvgIpc) is 3.33. The third kappa shape index (κ3) is 3.46. The van der Waals surface area contributed by atoms with Gasteiger partial charge in [-0.1, -0.05) is 0 Å². The minimum Gasteiger partial charge on any atom is -0.459 e. The molecule has 2 aromatic rings. The molecule has 2 unspecified atom stereocenters. The van der Waals surface area contributed by atoms with Crippen LogP contribution >= 0.6 is 11.3 Å². The fraction of sp³-hybridized carbons (Fsp3) is 0.375. The highest BCUT2D eigenvalue weighted by atomic mass is 32.1. The van der Waals surface area contributed by atoms with E-state index in [9.17, 15) is 14.7 Å². The standard InChI is InChI=1S/C16H18N2O4S/c19-13(11-5-8-23-10-11)9-17-15(20)12-3-1-6-18(12)16(21)14-4-2-7-22-14/h2,4-5,7-8,10,12-13,19H,1,3,6,9H2,(H,17,20). The summed E-state index contributed by atoms with van der Waals surface area (Å²) < 4.78 is 5.12. The topological polar surface area (TPSA) is 82.8 Å². The van der Waals surface area contributed by atoms with Crippen molar-refractivity contribution in [3.63, 3.8) is 0 Å². The van der Waals surface area contributed by atoms with E-state index in [1.54, 1.807) is 12.1 Å². The molecule has 6 nitrogen and oxygen atoms in total. The molecule has 0 saturated carbocycles. The summed E-state index contributed by atoms with van der Waals surface area (Å²) in [6.45, 7) is 0.666. The zero-order valence-corrected chi connectivity index (χ0v) is 13.3. The molecular weight excluding hydrogens is 316 g/mol. The molecule has 2 N–H and O–H groups in total. The van der Waals surface area contributed by atoms with E-state index >= 15 is 0 Å². The van der Waals surface area contributed by atoms with Gasteiger partial charge in [0.05, 0.1) is 12.4 Å². The van der Waals surface area contributed by atoms with Crippen LogP contribution in [0, 0.1) is 0 Å². The Bertz CT molecular complexity index is 654. The van der Waals surface area contributed by atoms with Gasteiger partial charge in [0.25, 0.3) is 5.91 Å². The monoisotopic (exact) mass is 334 g/mol. The Morgan fingerprint density at radius 2 is 2.35 bits per heavy atom. The Labute approximate surface area is 137 Å². The Kier molecular flexibility index (Phi) is 4.78. The van der Waals surface area contributed by atoms with Gasteiger partial charge in [0, 0.05) is 13.1 Å². The number of nitrogens with zero attached hydrogens (tertiary/aromatic N) is 1. The minimum atomic E-state index is -0.735. The first-order chi connectivity index (χ1) is 11.2. The van der Waals surface area contributed by atoms with Gasteiger partial charge in [0.15, 0.2) is 5.76 Å². The van der Waals surface area contributed by atoms with Crippen molar-refractivity contribution >= 4 is 23.2 Å². The number of furan rings is 1. The van der Waals surface area contributed by atoms with Crippen LogP contribution in [0.5, 0.6) is 0 Å². The van der Waals surface area contributed by atoms with E-state index in [-0.39, 0.29) is 24.1 Å². The first-order valence-electron chi connectivity index (χ1n) is 7.49. The predicted molar refractivity (Wildman–Crippen MR) is 85.1 cm³/mol. The van der Waals surface area contributed by atoms with E-state index in [4.69, 9.17) is 4.42 Å². The Morgan fingerprint density at radius 3 is 3.04 bits per heavy atom. The van der Waals surface area contributed by atoms with Crippen molar-refractivity contribution in [1.82, 2.24) is 10.2 Å². The number of thiophene rings is 1. The second kappa shape index (κ2) is 6.97. The van der Waals surface area contributed by atoms with Crippen molar-refractivity contribution < 1.29 is 19.1 Å². The van der Waals surface area contributed by atoms with E-state index in [1.807, 2.05) is 16.8 Å². The van der Waals surface area contributed by atoms with Crippen molar-refractivity contribution in [1.29, 1.82) is 0 Å². The summed E-state index contributed by atoms with van der Waals surface area (Å²) in [5.41, 5.74) is 0.783. The molecule has 0 bridgehead atoms. The Morgan fingerprint density at radius 1 is 1.48 bits per heavy atom. The lowest BCUT2D eigenvalue weighted by molar-refractivity contribution is -0.125. The lowest BCUT2D eigenvalue weighted by Crippen LogP contribution is -2.46. The van der Waals surface area contributed by atoms with E-state index in [0.29, 0.717) is 13.0 Å². The van der Waals surface area contributed by atoms with Crippen LogP contribution in [0.15, 0.2) is 39.6 Å². The molecular formula is C16H18N2O4S. The lowest BCUT2D eigenvalue weighted by Gasteiger charge is -2.23. The molecule has 1 aliphatic rings. The number of rotatable bonds is 5. The normalized spacial score (nSPS) is 18.8. The van der Waals surface area contributed by atoms with Crippen LogP contribution in [0.1, 0.15) is 35.1 Å². The lowest BCUT2D eigenvalue weighted by atomic mass is 10.1. The van der Waals surface area contributed by atoms with Gasteiger partial charge in [0.1, 0.15) is 6.04 Å². The van der Waals surface area contributed by atoms with Crippen LogP contribution < -0.4 is 5.32 Å². The van der Waals surface area contributed by atoms with Crippen LogP contribution in [-0.2, 0) is 4.79 Å². The van der Waals surface area contributed by atoms with E-state index in [0.717, 1.165) is 12.0 Å². The molecule has 0 spiro atoms. The van der Waals surface area contributed by atoms with Gasteiger partial charge < -0.3 is 19.7 Å². The van der Waals surface area contributed by atoms with Crippen molar-refractivity contribution in [2.24, 2.45) is 0 Å². The largest absolute Gasteiger partial charge is 0.459 e. The van der Waals surface area contributed by atoms with Crippen LogP contribution in [-0.4, -0.2) is 41.0 Å². The maximum Gasteiger partial charge on any atom is 0.290 e. The second-order valence-corrected chi connectivity index (χ2v) is 6.23. The van der Waals surface area contributed by atoms with Gasteiger partial charge in [0.2, 0.25) is 5.91 Å². The van der Waals surface area contributed by atoms with Gasteiger partial charge in [-0.3, -0.25) is 9.59 Å². The number of carbonyl (C=O) groups is 2. The highest BCUT2D eigenvalue weighted by molar-refractivity contribution is 7.07. The predicted octanol–water partition coefficient (Wildman–Crippen LogP) is 1.80. The molecule has 2 atom stereocenters. The molecule has 122 valence electrons. The van der Waals surface area contributed by atoms with Gasteiger partial charge in [-0.25, -0.2) is 0 Å². The molecule has 1 fully saturated rings. The summed E-state index contributed by atoms with van der Waals surface area (Å²) in [4.78, 5) is 26.2. The molecule has 0 aliphatic carbocycles. The van der Waals surface area contributed by atoms with Gasteiger partial charge in [-0.2, -0.15) is 11.3 Å². The zero-order valence-electron chi connectivity index (χ0n) is 12.5. The fourth-order valence-corrected chi connectivity index (χ4v) is 3.43. The first kappa shape index (κ1) is 15.8. The molecule has 2 aromatic heterocycles. The van der Waals surface area contributed by atoms with Gasteiger partial charge >= 0.3 is 0 Å². The van der Waals surface area contributed by atoms with Crippen LogP contribution in [0.25, 0.3) is 0 Å².